The van der Waals surface area contributed by atoms with Crippen LogP contribution in [-0.4, -0.2) is 42.3 Å². The molecule has 0 aliphatic heterocycles. The van der Waals surface area contributed by atoms with Crippen LogP contribution in [0, 0.1) is 11.3 Å². The SMILES string of the molecule is CC(CCNC(=O)OCC1c2ccccc2-c2ccccc21)C(=O)NC1CCCC1(C)C(=O)O. The zero-order valence-electron chi connectivity index (χ0n) is 19.7. The van der Waals surface area contributed by atoms with E-state index in [0.717, 1.165) is 17.5 Å². The van der Waals surface area contributed by atoms with Gasteiger partial charge in [-0.25, -0.2) is 4.79 Å². The van der Waals surface area contributed by atoms with Crippen molar-refractivity contribution in [3.63, 3.8) is 0 Å². The fraction of sp³-hybridized carbons (Fsp3) is 0.444. The van der Waals surface area contributed by atoms with Crippen molar-refractivity contribution in [3.05, 3.63) is 59.7 Å². The normalized spacial score (nSPS) is 21.9. The molecule has 0 saturated heterocycles. The Morgan fingerprint density at radius 2 is 1.71 bits per heavy atom. The van der Waals surface area contributed by atoms with E-state index in [2.05, 4.69) is 34.9 Å². The second-order valence-corrected chi connectivity index (χ2v) is 9.62. The Kier molecular flexibility index (Phi) is 6.91. The van der Waals surface area contributed by atoms with E-state index in [1.54, 1.807) is 13.8 Å². The highest BCUT2D eigenvalue weighted by Crippen LogP contribution is 2.44. The minimum atomic E-state index is -0.922. The number of rotatable bonds is 8. The summed E-state index contributed by atoms with van der Waals surface area (Å²) in [4.78, 5) is 36.5. The molecule has 2 amide bonds. The number of carbonyl (C=O) groups excluding carboxylic acids is 2. The molecule has 180 valence electrons. The van der Waals surface area contributed by atoms with Crippen LogP contribution in [0.5, 0.6) is 0 Å². The second-order valence-electron chi connectivity index (χ2n) is 9.62. The monoisotopic (exact) mass is 464 g/mol. The molecule has 2 aromatic rings. The van der Waals surface area contributed by atoms with Gasteiger partial charge in [-0.15, -0.1) is 0 Å². The summed E-state index contributed by atoms with van der Waals surface area (Å²) in [5, 5.41) is 15.2. The Labute approximate surface area is 199 Å². The van der Waals surface area contributed by atoms with Crippen molar-refractivity contribution in [1.29, 1.82) is 0 Å². The molecule has 3 unspecified atom stereocenters. The highest BCUT2D eigenvalue weighted by atomic mass is 16.5. The summed E-state index contributed by atoms with van der Waals surface area (Å²) in [7, 11) is 0. The molecule has 0 radical (unpaired) electrons. The molecule has 0 aromatic heterocycles. The molecular weight excluding hydrogens is 432 g/mol. The van der Waals surface area contributed by atoms with Crippen LogP contribution in [0.1, 0.15) is 56.6 Å². The van der Waals surface area contributed by atoms with Crippen LogP contribution in [0.15, 0.2) is 48.5 Å². The number of nitrogens with one attached hydrogen (secondary N) is 2. The van der Waals surface area contributed by atoms with Gasteiger partial charge in [0.2, 0.25) is 5.91 Å². The predicted molar refractivity (Wildman–Crippen MR) is 128 cm³/mol. The van der Waals surface area contributed by atoms with E-state index in [-0.39, 0.29) is 30.4 Å². The summed E-state index contributed by atoms with van der Waals surface area (Å²) in [6.45, 7) is 4.01. The Bertz CT molecular complexity index is 1040. The van der Waals surface area contributed by atoms with E-state index in [0.29, 0.717) is 25.8 Å². The smallest absolute Gasteiger partial charge is 0.407 e. The lowest BCUT2D eigenvalue weighted by Crippen LogP contribution is -2.48. The van der Waals surface area contributed by atoms with Crippen LogP contribution in [0.3, 0.4) is 0 Å². The van der Waals surface area contributed by atoms with Crippen LogP contribution in [0.25, 0.3) is 11.1 Å². The maximum atomic E-state index is 12.6. The van der Waals surface area contributed by atoms with Gasteiger partial charge in [0.1, 0.15) is 6.61 Å². The number of hydrogen-bond acceptors (Lipinski definition) is 4. The minimum Gasteiger partial charge on any atom is -0.481 e. The zero-order chi connectivity index (χ0) is 24.3. The number of alkyl carbamates (subject to hydrolysis) is 1. The number of aliphatic carboxylic acids is 1. The van der Waals surface area contributed by atoms with Gasteiger partial charge in [-0.1, -0.05) is 61.9 Å². The lowest BCUT2D eigenvalue weighted by atomic mass is 9.84. The average Bonchev–Trinajstić information content (AvgIpc) is 3.36. The molecule has 3 N–H and O–H groups in total. The molecule has 4 rings (SSSR count). The summed E-state index contributed by atoms with van der Waals surface area (Å²) >= 11 is 0. The van der Waals surface area contributed by atoms with Crippen molar-refractivity contribution in [2.24, 2.45) is 11.3 Å². The number of carboxylic acids is 1. The standard InChI is InChI=1S/C27H32N2O5/c1-17(24(30)29-23-12-7-14-27(23,2)25(31)32)13-15-28-26(33)34-16-22-20-10-5-3-8-18(20)19-9-4-6-11-21(19)22/h3-6,8-11,17,22-23H,7,12-16H2,1-2H3,(H,28,33)(H,29,30)(H,31,32). The largest absolute Gasteiger partial charge is 0.481 e. The van der Waals surface area contributed by atoms with Gasteiger partial charge in [0.15, 0.2) is 0 Å². The van der Waals surface area contributed by atoms with Gasteiger partial charge >= 0.3 is 12.1 Å². The lowest BCUT2D eigenvalue weighted by molar-refractivity contribution is -0.149. The first-order valence-electron chi connectivity index (χ1n) is 11.9. The number of carboxylic acid groups (broad SMARTS) is 1. The third-order valence-corrected chi connectivity index (χ3v) is 7.40. The molecule has 7 nitrogen and oxygen atoms in total. The number of fused-ring (bicyclic) bond motifs is 3. The van der Waals surface area contributed by atoms with Crippen molar-refractivity contribution < 1.29 is 24.2 Å². The summed E-state index contributed by atoms with van der Waals surface area (Å²) in [6.07, 6.45) is 1.94. The Balaban J connectivity index is 1.24. The van der Waals surface area contributed by atoms with E-state index in [4.69, 9.17) is 4.74 Å². The molecule has 0 heterocycles. The number of amides is 2. The fourth-order valence-corrected chi connectivity index (χ4v) is 5.14. The second kappa shape index (κ2) is 9.87. The maximum absolute atomic E-state index is 12.6. The highest BCUT2D eigenvalue weighted by molar-refractivity contribution is 5.82. The van der Waals surface area contributed by atoms with Gasteiger partial charge in [-0.2, -0.15) is 0 Å². The molecular formula is C27H32N2O5. The topological polar surface area (TPSA) is 105 Å². The Morgan fingerprint density at radius 3 is 2.32 bits per heavy atom. The third-order valence-electron chi connectivity index (χ3n) is 7.40. The number of carbonyl (C=O) groups is 3. The Morgan fingerprint density at radius 1 is 1.09 bits per heavy atom. The molecule has 1 saturated carbocycles. The van der Waals surface area contributed by atoms with Gasteiger partial charge in [0.25, 0.3) is 0 Å². The fourth-order valence-electron chi connectivity index (χ4n) is 5.14. The third kappa shape index (κ3) is 4.65. The van der Waals surface area contributed by atoms with Gasteiger partial charge in [-0.3, -0.25) is 9.59 Å². The number of benzene rings is 2. The molecule has 0 spiro atoms. The van der Waals surface area contributed by atoms with E-state index in [9.17, 15) is 19.5 Å². The van der Waals surface area contributed by atoms with Crippen LogP contribution in [-0.2, 0) is 14.3 Å². The van der Waals surface area contributed by atoms with E-state index >= 15 is 0 Å². The molecule has 7 heteroatoms. The highest BCUT2D eigenvalue weighted by Gasteiger charge is 2.46. The molecule has 2 aliphatic rings. The average molecular weight is 465 g/mol. The summed E-state index contributed by atoms with van der Waals surface area (Å²) in [5.41, 5.74) is 3.74. The van der Waals surface area contributed by atoms with Crippen molar-refractivity contribution in [2.75, 3.05) is 13.2 Å². The first-order valence-corrected chi connectivity index (χ1v) is 11.9. The van der Waals surface area contributed by atoms with E-state index < -0.39 is 17.5 Å². The van der Waals surface area contributed by atoms with Crippen LogP contribution < -0.4 is 10.6 Å². The van der Waals surface area contributed by atoms with Crippen LogP contribution >= 0.6 is 0 Å². The van der Waals surface area contributed by atoms with Crippen molar-refractivity contribution >= 4 is 18.0 Å². The maximum Gasteiger partial charge on any atom is 0.407 e. The first-order chi connectivity index (χ1) is 16.3. The predicted octanol–water partition coefficient (Wildman–Crippen LogP) is 4.31. The van der Waals surface area contributed by atoms with Crippen molar-refractivity contribution in [2.45, 2.75) is 51.5 Å². The summed E-state index contributed by atoms with van der Waals surface area (Å²) in [5.74, 6) is -1.42. The summed E-state index contributed by atoms with van der Waals surface area (Å²) < 4.78 is 5.53. The molecule has 2 aliphatic carbocycles. The lowest BCUT2D eigenvalue weighted by Gasteiger charge is -2.28. The van der Waals surface area contributed by atoms with Crippen LogP contribution in [0.2, 0.25) is 0 Å². The van der Waals surface area contributed by atoms with E-state index in [1.165, 1.54) is 11.1 Å². The molecule has 34 heavy (non-hydrogen) atoms. The first kappa shape index (κ1) is 23.8. The van der Waals surface area contributed by atoms with Gasteiger partial charge in [-0.05, 0) is 48.4 Å². The van der Waals surface area contributed by atoms with E-state index in [1.807, 2.05) is 24.3 Å². The van der Waals surface area contributed by atoms with Gasteiger partial charge in [0, 0.05) is 24.4 Å². The number of ether oxygens (including phenoxy) is 1. The number of hydrogen-bond donors (Lipinski definition) is 3. The molecule has 3 atom stereocenters. The molecule has 2 aromatic carbocycles. The molecule has 0 bridgehead atoms. The minimum absolute atomic E-state index is 0.00203. The van der Waals surface area contributed by atoms with Crippen molar-refractivity contribution in [3.8, 4) is 11.1 Å². The van der Waals surface area contributed by atoms with Gasteiger partial charge < -0.3 is 20.5 Å². The van der Waals surface area contributed by atoms with Gasteiger partial charge in [0.05, 0.1) is 5.41 Å². The summed E-state index contributed by atoms with van der Waals surface area (Å²) in [6, 6.07) is 16.0. The van der Waals surface area contributed by atoms with Crippen molar-refractivity contribution in [1.82, 2.24) is 10.6 Å². The molecule has 1 fully saturated rings. The van der Waals surface area contributed by atoms with Crippen LogP contribution in [0.4, 0.5) is 4.79 Å². The zero-order valence-corrected chi connectivity index (χ0v) is 19.7. The Hall–Kier alpha value is -3.35. The quantitative estimate of drug-likeness (QED) is 0.540.